The number of aromatic hydroxyl groups is 1. The molecule has 7 nitrogen and oxygen atoms in total. The van der Waals surface area contributed by atoms with Crippen LogP contribution in [0.2, 0.25) is 0 Å². The quantitative estimate of drug-likeness (QED) is 0.536. The Balaban J connectivity index is 1.89. The number of hydrogen-bond acceptors (Lipinski definition) is 4. The largest absolute Gasteiger partial charge is 0.493 e. The van der Waals surface area contributed by atoms with E-state index in [9.17, 15) is 24.2 Å². The highest BCUT2D eigenvalue weighted by Gasteiger charge is 2.23. The normalized spacial score (nSPS) is 11.8. The highest BCUT2D eigenvalue weighted by Crippen LogP contribution is 2.26. The van der Waals surface area contributed by atoms with Crippen LogP contribution in [0.15, 0.2) is 59.1 Å². The summed E-state index contributed by atoms with van der Waals surface area (Å²) in [5, 5.41) is 25.8. The summed E-state index contributed by atoms with van der Waals surface area (Å²) in [4.78, 5) is 23.8. The molecular weight excluding hydrogens is 433 g/mol. The van der Waals surface area contributed by atoms with Crippen molar-refractivity contribution in [2.24, 2.45) is 0 Å². The van der Waals surface area contributed by atoms with E-state index in [4.69, 9.17) is 0 Å². The molecule has 0 aliphatic heterocycles. The van der Waals surface area contributed by atoms with Crippen molar-refractivity contribution in [3.05, 3.63) is 76.1 Å². The predicted octanol–water partition coefficient (Wildman–Crippen LogP) is 3.43. The predicted molar refractivity (Wildman–Crippen MR) is 102 cm³/mol. The third-order valence-electron chi connectivity index (χ3n) is 3.97. The summed E-state index contributed by atoms with van der Waals surface area (Å²) in [6, 6.07) is 12.8. The van der Waals surface area contributed by atoms with Crippen LogP contribution in [0.5, 0.6) is 5.88 Å². The molecule has 0 unspecified atom stereocenters. The first-order valence-corrected chi connectivity index (χ1v) is 8.97. The van der Waals surface area contributed by atoms with E-state index < -0.39 is 29.6 Å². The molecule has 0 aliphatic carbocycles. The summed E-state index contributed by atoms with van der Waals surface area (Å²) in [6.07, 6.45) is -0.353. The molecule has 144 valence electrons. The van der Waals surface area contributed by atoms with Crippen LogP contribution in [0.3, 0.4) is 0 Å². The van der Waals surface area contributed by atoms with Crippen molar-refractivity contribution in [2.45, 2.75) is 12.5 Å². The lowest BCUT2D eigenvalue weighted by Crippen LogP contribution is -2.30. The number of carbonyl (C=O) groups excluding carboxylic acids is 1. The highest BCUT2D eigenvalue weighted by molar-refractivity contribution is 9.10. The smallest absolute Gasteiger partial charge is 0.305 e. The van der Waals surface area contributed by atoms with Gasteiger partial charge in [-0.3, -0.25) is 9.59 Å². The summed E-state index contributed by atoms with van der Waals surface area (Å²) in [6.45, 7) is 0. The Morgan fingerprint density at radius 1 is 1.18 bits per heavy atom. The zero-order valence-corrected chi connectivity index (χ0v) is 15.9. The summed E-state index contributed by atoms with van der Waals surface area (Å²) in [5.74, 6) is -2.84. The Hall–Kier alpha value is -3.20. The van der Waals surface area contributed by atoms with Crippen molar-refractivity contribution < 1.29 is 24.2 Å². The zero-order chi connectivity index (χ0) is 20.3. The van der Waals surface area contributed by atoms with Gasteiger partial charge in [-0.25, -0.2) is 4.39 Å². The van der Waals surface area contributed by atoms with Gasteiger partial charge in [0.2, 0.25) is 5.88 Å². The summed E-state index contributed by atoms with van der Waals surface area (Å²) in [5.41, 5.74) is 0.381. The van der Waals surface area contributed by atoms with Crippen LogP contribution in [-0.4, -0.2) is 31.9 Å². The van der Waals surface area contributed by atoms with Gasteiger partial charge in [0.1, 0.15) is 11.5 Å². The number of aliphatic carboxylic acids is 1. The fraction of sp³-hybridized carbons (Fsp3) is 0.105. The minimum Gasteiger partial charge on any atom is -0.493 e. The highest BCUT2D eigenvalue weighted by atomic mass is 79.9. The number of carbonyl (C=O) groups is 2. The number of rotatable bonds is 6. The van der Waals surface area contributed by atoms with Gasteiger partial charge in [-0.05, 0) is 23.8 Å². The van der Waals surface area contributed by atoms with E-state index in [1.54, 1.807) is 30.3 Å². The van der Waals surface area contributed by atoms with Crippen LogP contribution < -0.4 is 5.32 Å². The second kappa shape index (κ2) is 8.22. The lowest BCUT2D eigenvalue weighted by atomic mass is 10.0. The Kier molecular flexibility index (Phi) is 5.74. The molecule has 28 heavy (non-hydrogen) atoms. The standard InChI is InChI=1S/C19H15BrFN3O4/c20-12-6-2-1-5-11(12)14(10-18(26)27)22-19(28)15-9-17(25)24(23-15)16-8-4-3-7-13(16)21/h1-9,14,25H,10H2,(H,22,28)(H,26,27)/t14-/m0/s1. The van der Waals surface area contributed by atoms with Gasteiger partial charge in [-0.2, -0.15) is 9.78 Å². The number of carboxylic acid groups (broad SMARTS) is 1. The maximum absolute atomic E-state index is 13.9. The number of nitrogens with one attached hydrogen (secondary N) is 1. The average Bonchev–Trinajstić information content (AvgIpc) is 3.03. The number of hydrogen-bond donors (Lipinski definition) is 3. The molecule has 2 aromatic carbocycles. The monoisotopic (exact) mass is 447 g/mol. The molecule has 1 heterocycles. The number of nitrogens with zero attached hydrogens (tertiary/aromatic N) is 2. The number of carboxylic acids is 1. The second-order valence-corrected chi connectivity index (χ2v) is 6.75. The fourth-order valence-corrected chi connectivity index (χ4v) is 3.25. The molecule has 1 aromatic heterocycles. The second-order valence-electron chi connectivity index (χ2n) is 5.90. The van der Waals surface area contributed by atoms with Crippen molar-refractivity contribution in [3.63, 3.8) is 0 Å². The van der Waals surface area contributed by atoms with Crippen LogP contribution in [0, 0.1) is 5.82 Å². The minimum absolute atomic E-state index is 0.0214. The van der Waals surface area contributed by atoms with Crippen molar-refractivity contribution >= 4 is 27.8 Å². The lowest BCUT2D eigenvalue weighted by molar-refractivity contribution is -0.137. The lowest BCUT2D eigenvalue weighted by Gasteiger charge is -2.18. The van der Waals surface area contributed by atoms with Gasteiger partial charge in [0.05, 0.1) is 12.5 Å². The molecular formula is C19H15BrFN3O4. The first-order valence-electron chi connectivity index (χ1n) is 8.18. The number of amides is 1. The Labute approximate surface area is 167 Å². The first kappa shape index (κ1) is 19.6. The van der Waals surface area contributed by atoms with E-state index in [-0.39, 0.29) is 17.8 Å². The van der Waals surface area contributed by atoms with Gasteiger partial charge in [-0.15, -0.1) is 0 Å². The van der Waals surface area contributed by atoms with Gasteiger partial charge >= 0.3 is 5.97 Å². The molecule has 1 atom stereocenters. The van der Waals surface area contributed by atoms with Gasteiger partial charge in [0, 0.05) is 10.5 Å². The van der Waals surface area contributed by atoms with Crippen LogP contribution in [0.25, 0.3) is 5.69 Å². The molecule has 0 saturated carbocycles. The maximum Gasteiger partial charge on any atom is 0.305 e. The van der Waals surface area contributed by atoms with Crippen LogP contribution in [0.4, 0.5) is 4.39 Å². The zero-order valence-electron chi connectivity index (χ0n) is 14.3. The number of halogens is 2. The molecule has 3 rings (SSSR count). The van der Waals surface area contributed by atoms with Crippen LogP contribution in [-0.2, 0) is 4.79 Å². The Morgan fingerprint density at radius 3 is 2.54 bits per heavy atom. The third-order valence-corrected chi connectivity index (χ3v) is 4.69. The van der Waals surface area contributed by atoms with Gasteiger partial charge in [0.25, 0.3) is 5.91 Å². The molecule has 0 fully saturated rings. The molecule has 0 saturated heterocycles. The molecule has 0 spiro atoms. The number of aromatic nitrogens is 2. The molecule has 1 amide bonds. The van der Waals surface area contributed by atoms with E-state index in [2.05, 4.69) is 26.3 Å². The molecule has 3 N–H and O–H groups in total. The van der Waals surface area contributed by atoms with Gasteiger partial charge < -0.3 is 15.5 Å². The molecule has 9 heteroatoms. The van der Waals surface area contributed by atoms with Crippen molar-refractivity contribution in [3.8, 4) is 11.6 Å². The molecule has 0 radical (unpaired) electrons. The van der Waals surface area contributed by atoms with Gasteiger partial charge in [-0.1, -0.05) is 46.3 Å². The maximum atomic E-state index is 13.9. The summed E-state index contributed by atoms with van der Waals surface area (Å²) < 4.78 is 15.5. The Morgan fingerprint density at radius 2 is 1.86 bits per heavy atom. The average molecular weight is 448 g/mol. The SMILES string of the molecule is O=C(O)C[C@H](NC(=O)c1cc(O)n(-c2ccccc2F)n1)c1ccccc1Br. The summed E-state index contributed by atoms with van der Waals surface area (Å²) in [7, 11) is 0. The Bertz CT molecular complexity index is 1040. The molecule has 3 aromatic rings. The fourth-order valence-electron chi connectivity index (χ4n) is 2.69. The van der Waals surface area contributed by atoms with Crippen molar-refractivity contribution in [1.82, 2.24) is 15.1 Å². The van der Waals surface area contributed by atoms with Crippen molar-refractivity contribution in [2.75, 3.05) is 0 Å². The molecule has 0 aliphatic rings. The third kappa shape index (κ3) is 4.20. The van der Waals surface area contributed by atoms with E-state index in [1.807, 2.05) is 0 Å². The first-order chi connectivity index (χ1) is 13.4. The molecule has 0 bridgehead atoms. The van der Waals surface area contributed by atoms with E-state index in [0.29, 0.717) is 10.0 Å². The topological polar surface area (TPSA) is 104 Å². The van der Waals surface area contributed by atoms with E-state index >= 15 is 0 Å². The van der Waals surface area contributed by atoms with Gasteiger partial charge in [0.15, 0.2) is 5.69 Å². The van der Waals surface area contributed by atoms with Crippen LogP contribution >= 0.6 is 15.9 Å². The van der Waals surface area contributed by atoms with Crippen LogP contribution in [0.1, 0.15) is 28.5 Å². The summed E-state index contributed by atoms with van der Waals surface area (Å²) >= 11 is 3.34. The number of benzene rings is 2. The van der Waals surface area contributed by atoms with E-state index in [0.717, 1.165) is 10.7 Å². The number of para-hydroxylation sites is 1. The van der Waals surface area contributed by atoms with E-state index in [1.165, 1.54) is 18.2 Å². The van der Waals surface area contributed by atoms with Crippen molar-refractivity contribution in [1.29, 1.82) is 0 Å². The minimum atomic E-state index is -1.10.